The molecule has 1 saturated carbocycles. The molecule has 0 amide bonds. The van der Waals surface area contributed by atoms with E-state index in [0.717, 1.165) is 25.7 Å². The largest absolute Gasteiger partial charge is 0.482 e. The molecule has 0 aromatic heterocycles. The molecule has 6 nitrogen and oxygen atoms in total. The zero-order valence-corrected chi connectivity index (χ0v) is 12.7. The summed E-state index contributed by atoms with van der Waals surface area (Å²) in [6.45, 7) is -0.205. The Bertz CT molecular complexity index is 576. The number of rotatable bonds is 6. The molecular formula is C14H19NO5S. The summed E-state index contributed by atoms with van der Waals surface area (Å²) < 4.78 is 36.7. The van der Waals surface area contributed by atoms with E-state index in [4.69, 9.17) is 4.74 Å². The van der Waals surface area contributed by atoms with Gasteiger partial charge in [-0.1, -0.05) is 12.8 Å². The van der Waals surface area contributed by atoms with Crippen LogP contribution < -0.4 is 9.46 Å². The number of sulfonamides is 1. The molecule has 1 aliphatic rings. The highest BCUT2D eigenvalue weighted by Crippen LogP contribution is 2.21. The standard InChI is InChI=1S/C14H19NO5S/c1-19-14(16)10-20-12-6-8-13(9-7-12)21(17,18)15-11-4-2-3-5-11/h6-9,11,15H,2-5,10H2,1H3. The first kappa shape index (κ1) is 15.8. The molecule has 0 aliphatic heterocycles. The Morgan fingerprint density at radius 3 is 2.43 bits per heavy atom. The lowest BCUT2D eigenvalue weighted by molar-refractivity contribution is -0.142. The SMILES string of the molecule is COC(=O)COc1ccc(S(=O)(=O)NC2CCCC2)cc1. The van der Waals surface area contributed by atoms with Gasteiger partial charge in [0, 0.05) is 6.04 Å². The predicted molar refractivity (Wildman–Crippen MR) is 76.5 cm³/mol. The van der Waals surface area contributed by atoms with Crippen molar-refractivity contribution in [3.05, 3.63) is 24.3 Å². The summed E-state index contributed by atoms with van der Waals surface area (Å²) in [5, 5.41) is 0. The molecule has 2 rings (SSSR count). The Hall–Kier alpha value is -1.60. The van der Waals surface area contributed by atoms with Crippen LogP contribution in [0.25, 0.3) is 0 Å². The van der Waals surface area contributed by atoms with Crippen LogP contribution in [0.5, 0.6) is 5.75 Å². The van der Waals surface area contributed by atoms with E-state index in [0.29, 0.717) is 5.75 Å². The molecule has 1 fully saturated rings. The van der Waals surface area contributed by atoms with Crippen LogP contribution in [0, 0.1) is 0 Å². The average molecular weight is 313 g/mol. The van der Waals surface area contributed by atoms with Gasteiger partial charge in [0.05, 0.1) is 12.0 Å². The molecule has 0 radical (unpaired) electrons. The molecule has 21 heavy (non-hydrogen) atoms. The zero-order chi connectivity index (χ0) is 15.3. The normalized spacial score (nSPS) is 15.9. The number of methoxy groups -OCH3 is 1. The molecule has 1 aromatic carbocycles. The fourth-order valence-corrected chi connectivity index (χ4v) is 3.55. The van der Waals surface area contributed by atoms with E-state index >= 15 is 0 Å². The van der Waals surface area contributed by atoms with Crippen molar-refractivity contribution in [1.82, 2.24) is 4.72 Å². The second-order valence-corrected chi connectivity index (χ2v) is 6.65. The molecule has 1 N–H and O–H groups in total. The molecule has 0 atom stereocenters. The molecule has 7 heteroatoms. The van der Waals surface area contributed by atoms with Crippen LogP contribution in [0.3, 0.4) is 0 Å². The van der Waals surface area contributed by atoms with Gasteiger partial charge >= 0.3 is 5.97 Å². The van der Waals surface area contributed by atoms with Gasteiger partial charge in [-0.25, -0.2) is 17.9 Å². The minimum absolute atomic E-state index is 0.0326. The topological polar surface area (TPSA) is 81.7 Å². The second kappa shape index (κ2) is 6.91. The Morgan fingerprint density at radius 1 is 1.24 bits per heavy atom. The van der Waals surface area contributed by atoms with Gasteiger partial charge in [-0.3, -0.25) is 0 Å². The average Bonchev–Trinajstić information content (AvgIpc) is 2.97. The van der Waals surface area contributed by atoms with E-state index in [1.807, 2.05) is 0 Å². The second-order valence-electron chi connectivity index (χ2n) is 4.94. The maximum atomic E-state index is 12.2. The Kier molecular flexibility index (Phi) is 5.19. The number of hydrogen-bond donors (Lipinski definition) is 1. The number of hydrogen-bond acceptors (Lipinski definition) is 5. The molecular weight excluding hydrogens is 294 g/mol. The monoisotopic (exact) mass is 313 g/mol. The van der Waals surface area contributed by atoms with Crippen LogP contribution in [-0.2, 0) is 19.6 Å². The third kappa shape index (κ3) is 4.44. The number of nitrogens with one attached hydrogen (secondary N) is 1. The van der Waals surface area contributed by atoms with Gasteiger partial charge in [-0.15, -0.1) is 0 Å². The number of esters is 1. The van der Waals surface area contributed by atoms with Gasteiger partial charge in [-0.2, -0.15) is 0 Å². The van der Waals surface area contributed by atoms with Crippen LogP contribution in [0.1, 0.15) is 25.7 Å². The van der Waals surface area contributed by atoms with E-state index in [1.54, 1.807) is 0 Å². The number of ether oxygens (including phenoxy) is 2. The Balaban J connectivity index is 1.98. The minimum atomic E-state index is -3.49. The third-order valence-corrected chi connectivity index (χ3v) is 4.93. The van der Waals surface area contributed by atoms with Gasteiger partial charge in [0.2, 0.25) is 10.0 Å². The quantitative estimate of drug-likeness (QED) is 0.804. The van der Waals surface area contributed by atoms with E-state index < -0.39 is 16.0 Å². The summed E-state index contributed by atoms with van der Waals surface area (Å²) in [7, 11) is -2.22. The summed E-state index contributed by atoms with van der Waals surface area (Å²) >= 11 is 0. The third-order valence-electron chi connectivity index (χ3n) is 3.40. The molecule has 0 bridgehead atoms. The van der Waals surface area contributed by atoms with Crippen molar-refractivity contribution >= 4 is 16.0 Å². The highest BCUT2D eigenvalue weighted by molar-refractivity contribution is 7.89. The lowest BCUT2D eigenvalue weighted by Gasteiger charge is -2.13. The Labute approximate surface area is 124 Å². The highest BCUT2D eigenvalue weighted by Gasteiger charge is 2.22. The first-order chi connectivity index (χ1) is 10.0. The van der Waals surface area contributed by atoms with Crippen LogP contribution in [0.4, 0.5) is 0 Å². The number of benzene rings is 1. The summed E-state index contributed by atoms with van der Waals surface area (Å²) in [5.41, 5.74) is 0. The van der Waals surface area contributed by atoms with Gasteiger partial charge < -0.3 is 9.47 Å². The fraction of sp³-hybridized carbons (Fsp3) is 0.500. The number of carbonyl (C=O) groups is 1. The summed E-state index contributed by atoms with van der Waals surface area (Å²) in [5.74, 6) is -0.0742. The number of carbonyl (C=O) groups excluding carboxylic acids is 1. The molecule has 1 aliphatic carbocycles. The van der Waals surface area contributed by atoms with E-state index in [2.05, 4.69) is 9.46 Å². The lowest BCUT2D eigenvalue weighted by atomic mass is 10.3. The van der Waals surface area contributed by atoms with Crippen molar-refractivity contribution < 1.29 is 22.7 Å². The van der Waals surface area contributed by atoms with Crippen molar-refractivity contribution in [3.63, 3.8) is 0 Å². The minimum Gasteiger partial charge on any atom is -0.482 e. The van der Waals surface area contributed by atoms with E-state index in [1.165, 1.54) is 31.4 Å². The summed E-state index contributed by atoms with van der Waals surface area (Å²) in [6.07, 6.45) is 3.90. The van der Waals surface area contributed by atoms with Crippen molar-refractivity contribution in [2.45, 2.75) is 36.6 Å². The summed E-state index contributed by atoms with van der Waals surface area (Å²) in [6, 6.07) is 6.00. The zero-order valence-electron chi connectivity index (χ0n) is 11.9. The van der Waals surface area contributed by atoms with Gasteiger partial charge in [0.25, 0.3) is 0 Å². The van der Waals surface area contributed by atoms with E-state index in [-0.39, 0.29) is 17.5 Å². The first-order valence-electron chi connectivity index (χ1n) is 6.83. The maximum absolute atomic E-state index is 12.2. The van der Waals surface area contributed by atoms with E-state index in [9.17, 15) is 13.2 Å². The predicted octanol–water partition coefficient (Wildman–Crippen LogP) is 1.46. The molecule has 0 saturated heterocycles. The van der Waals surface area contributed by atoms with Crippen LogP contribution in [-0.4, -0.2) is 34.1 Å². The van der Waals surface area contributed by atoms with Crippen LogP contribution >= 0.6 is 0 Å². The van der Waals surface area contributed by atoms with Crippen LogP contribution in [0.15, 0.2) is 29.2 Å². The summed E-state index contributed by atoms with van der Waals surface area (Å²) in [4.78, 5) is 11.1. The van der Waals surface area contributed by atoms with Crippen molar-refractivity contribution in [2.75, 3.05) is 13.7 Å². The maximum Gasteiger partial charge on any atom is 0.343 e. The lowest BCUT2D eigenvalue weighted by Crippen LogP contribution is -2.32. The van der Waals surface area contributed by atoms with Crippen LogP contribution in [0.2, 0.25) is 0 Å². The van der Waals surface area contributed by atoms with Gasteiger partial charge in [0.1, 0.15) is 5.75 Å². The first-order valence-corrected chi connectivity index (χ1v) is 8.31. The molecule has 1 aromatic rings. The highest BCUT2D eigenvalue weighted by atomic mass is 32.2. The van der Waals surface area contributed by atoms with Gasteiger partial charge in [-0.05, 0) is 37.1 Å². The van der Waals surface area contributed by atoms with Crippen molar-refractivity contribution in [2.24, 2.45) is 0 Å². The van der Waals surface area contributed by atoms with Gasteiger partial charge in [0.15, 0.2) is 6.61 Å². The molecule has 116 valence electrons. The Morgan fingerprint density at radius 2 is 1.86 bits per heavy atom. The molecule has 0 spiro atoms. The smallest absolute Gasteiger partial charge is 0.343 e. The van der Waals surface area contributed by atoms with Crippen molar-refractivity contribution in [1.29, 1.82) is 0 Å². The fourth-order valence-electron chi connectivity index (χ4n) is 2.25. The van der Waals surface area contributed by atoms with Crippen molar-refractivity contribution in [3.8, 4) is 5.75 Å². The molecule has 0 heterocycles. The molecule has 0 unspecified atom stereocenters.